The van der Waals surface area contributed by atoms with Crippen LogP contribution in [0.2, 0.25) is 0 Å². The van der Waals surface area contributed by atoms with E-state index in [2.05, 4.69) is 10.6 Å². The van der Waals surface area contributed by atoms with Crippen LogP contribution in [0.3, 0.4) is 0 Å². The van der Waals surface area contributed by atoms with Crippen molar-refractivity contribution < 1.29 is 14.0 Å². The molecule has 1 aliphatic rings. The number of hydrogen-bond acceptors (Lipinski definition) is 3. The molecule has 27 heavy (non-hydrogen) atoms. The van der Waals surface area contributed by atoms with Gasteiger partial charge < -0.3 is 15.2 Å². The monoisotopic (exact) mass is 371 g/mol. The molecule has 3 rings (SSSR count). The first kappa shape index (κ1) is 18.8. The van der Waals surface area contributed by atoms with E-state index in [1.807, 2.05) is 6.92 Å². The predicted octanol–water partition coefficient (Wildman–Crippen LogP) is 1.83. The fourth-order valence-corrected chi connectivity index (χ4v) is 2.81. The first-order valence-corrected chi connectivity index (χ1v) is 8.95. The molecule has 1 aliphatic carbocycles. The normalized spacial score (nSPS) is 14.4. The number of amides is 2. The van der Waals surface area contributed by atoms with Crippen molar-refractivity contribution in [2.75, 3.05) is 0 Å². The zero-order chi connectivity index (χ0) is 19.4. The van der Waals surface area contributed by atoms with E-state index in [9.17, 15) is 18.8 Å². The van der Waals surface area contributed by atoms with Crippen molar-refractivity contribution >= 4 is 11.8 Å². The van der Waals surface area contributed by atoms with Gasteiger partial charge in [0.2, 0.25) is 5.91 Å². The molecule has 142 valence electrons. The number of hydrogen-bond donors (Lipinski definition) is 2. The summed E-state index contributed by atoms with van der Waals surface area (Å²) in [6, 6.07) is 8.63. The lowest BCUT2D eigenvalue weighted by Crippen LogP contribution is -2.36. The van der Waals surface area contributed by atoms with Crippen LogP contribution in [0.15, 0.2) is 47.4 Å². The minimum absolute atomic E-state index is 0.0943. The molecule has 1 aromatic heterocycles. The van der Waals surface area contributed by atoms with Crippen molar-refractivity contribution in [3.05, 3.63) is 69.9 Å². The van der Waals surface area contributed by atoms with E-state index in [0.29, 0.717) is 11.5 Å². The molecule has 1 saturated carbocycles. The standard InChI is InChI=1S/C20H22FN3O3/c1-13(15-4-5-15)23-20(27)16-6-9-19(26)24(11-16)12-18(25)22-10-14-2-7-17(21)8-3-14/h2-3,6-9,11,13,15H,4-5,10,12H2,1H3,(H,22,25)(H,23,27). The number of benzene rings is 1. The number of aromatic nitrogens is 1. The molecule has 1 fully saturated rings. The van der Waals surface area contributed by atoms with E-state index >= 15 is 0 Å². The van der Waals surface area contributed by atoms with Gasteiger partial charge in [-0.25, -0.2) is 4.39 Å². The highest BCUT2D eigenvalue weighted by molar-refractivity contribution is 5.94. The lowest BCUT2D eigenvalue weighted by molar-refractivity contribution is -0.121. The maximum atomic E-state index is 12.9. The Hall–Kier alpha value is -2.96. The molecule has 0 saturated heterocycles. The summed E-state index contributed by atoms with van der Waals surface area (Å²) in [5.74, 6) is -0.444. The van der Waals surface area contributed by atoms with Gasteiger partial charge in [-0.2, -0.15) is 0 Å². The average Bonchev–Trinajstić information content (AvgIpc) is 3.48. The highest BCUT2D eigenvalue weighted by Gasteiger charge is 2.29. The van der Waals surface area contributed by atoms with Gasteiger partial charge in [0.15, 0.2) is 0 Å². The third-order valence-corrected chi connectivity index (χ3v) is 4.65. The number of nitrogens with zero attached hydrogens (tertiary/aromatic N) is 1. The zero-order valence-corrected chi connectivity index (χ0v) is 15.1. The van der Waals surface area contributed by atoms with Crippen LogP contribution >= 0.6 is 0 Å². The third-order valence-electron chi connectivity index (χ3n) is 4.65. The summed E-state index contributed by atoms with van der Waals surface area (Å²) < 4.78 is 14.1. The fraction of sp³-hybridized carbons (Fsp3) is 0.350. The Bertz CT molecular complexity index is 888. The molecule has 1 unspecified atom stereocenters. The van der Waals surface area contributed by atoms with Gasteiger partial charge in [-0.3, -0.25) is 14.4 Å². The van der Waals surface area contributed by atoms with Crippen LogP contribution in [0.25, 0.3) is 0 Å². The van der Waals surface area contributed by atoms with E-state index in [1.165, 1.54) is 35.0 Å². The molecule has 0 radical (unpaired) electrons. The number of carbonyl (C=O) groups excluding carboxylic acids is 2. The molecule has 1 heterocycles. The van der Waals surface area contributed by atoms with Crippen molar-refractivity contribution in [2.45, 2.75) is 38.9 Å². The van der Waals surface area contributed by atoms with Gasteiger partial charge in [-0.1, -0.05) is 12.1 Å². The van der Waals surface area contributed by atoms with Gasteiger partial charge >= 0.3 is 0 Å². The first-order valence-electron chi connectivity index (χ1n) is 8.95. The Morgan fingerprint density at radius 3 is 2.56 bits per heavy atom. The SMILES string of the molecule is CC(NC(=O)c1ccc(=O)n(CC(=O)NCc2ccc(F)cc2)c1)C1CC1. The molecule has 2 aromatic rings. The maximum Gasteiger partial charge on any atom is 0.252 e. The third kappa shape index (κ3) is 5.26. The lowest BCUT2D eigenvalue weighted by Gasteiger charge is -2.14. The maximum absolute atomic E-state index is 12.9. The molecule has 0 spiro atoms. The number of pyridine rings is 1. The van der Waals surface area contributed by atoms with Crippen molar-refractivity contribution in [1.29, 1.82) is 0 Å². The average molecular weight is 371 g/mol. The van der Waals surface area contributed by atoms with Gasteiger partial charge in [0.05, 0.1) is 5.56 Å². The number of nitrogens with one attached hydrogen (secondary N) is 2. The second-order valence-electron chi connectivity index (χ2n) is 6.89. The van der Waals surface area contributed by atoms with Crippen molar-refractivity contribution in [3.8, 4) is 0 Å². The van der Waals surface area contributed by atoms with Crippen molar-refractivity contribution in [3.63, 3.8) is 0 Å². The van der Waals surface area contributed by atoms with Gasteiger partial charge in [0.25, 0.3) is 11.5 Å². The van der Waals surface area contributed by atoms with Crippen LogP contribution < -0.4 is 16.2 Å². The molecule has 0 bridgehead atoms. The minimum atomic E-state index is -0.370. The van der Waals surface area contributed by atoms with Crippen molar-refractivity contribution in [2.24, 2.45) is 5.92 Å². The summed E-state index contributed by atoms with van der Waals surface area (Å²) >= 11 is 0. The summed E-state index contributed by atoms with van der Waals surface area (Å²) in [5, 5.41) is 5.60. The Balaban J connectivity index is 1.59. The Labute approximate surface area is 156 Å². The fourth-order valence-electron chi connectivity index (χ4n) is 2.81. The number of rotatable bonds is 7. The first-order chi connectivity index (χ1) is 12.9. The summed E-state index contributed by atoms with van der Waals surface area (Å²) in [4.78, 5) is 36.4. The Morgan fingerprint density at radius 2 is 1.89 bits per heavy atom. The summed E-state index contributed by atoms with van der Waals surface area (Å²) in [6.07, 6.45) is 3.64. The van der Waals surface area contributed by atoms with Crippen LogP contribution in [-0.2, 0) is 17.9 Å². The largest absolute Gasteiger partial charge is 0.350 e. The van der Waals surface area contributed by atoms with Crippen LogP contribution in [0.4, 0.5) is 4.39 Å². The van der Waals surface area contributed by atoms with E-state index < -0.39 is 0 Å². The number of carbonyl (C=O) groups is 2. The van der Waals surface area contributed by atoms with E-state index in [0.717, 1.165) is 18.4 Å². The lowest BCUT2D eigenvalue weighted by atomic mass is 10.2. The molecular formula is C20H22FN3O3. The molecule has 1 atom stereocenters. The molecule has 2 amide bonds. The summed E-state index contributed by atoms with van der Waals surface area (Å²) in [7, 11) is 0. The Kier molecular flexibility index (Phi) is 5.69. The van der Waals surface area contributed by atoms with Gasteiger partial charge in [-0.05, 0) is 49.4 Å². The molecule has 7 heteroatoms. The quantitative estimate of drug-likeness (QED) is 0.779. The van der Waals surface area contributed by atoms with Crippen LogP contribution in [-0.4, -0.2) is 22.4 Å². The van der Waals surface area contributed by atoms with Gasteiger partial charge in [0.1, 0.15) is 12.4 Å². The zero-order valence-electron chi connectivity index (χ0n) is 15.1. The van der Waals surface area contributed by atoms with E-state index in [-0.39, 0.29) is 42.3 Å². The van der Waals surface area contributed by atoms with Crippen LogP contribution in [0.5, 0.6) is 0 Å². The molecule has 6 nitrogen and oxygen atoms in total. The molecule has 2 N–H and O–H groups in total. The molecule has 0 aliphatic heterocycles. The van der Waals surface area contributed by atoms with Crippen molar-refractivity contribution in [1.82, 2.24) is 15.2 Å². The Morgan fingerprint density at radius 1 is 1.19 bits per heavy atom. The summed E-state index contributed by atoms with van der Waals surface area (Å²) in [6.45, 7) is 2.00. The second kappa shape index (κ2) is 8.16. The topological polar surface area (TPSA) is 80.2 Å². The minimum Gasteiger partial charge on any atom is -0.350 e. The molecular weight excluding hydrogens is 349 g/mol. The second-order valence-corrected chi connectivity index (χ2v) is 6.89. The molecule has 1 aromatic carbocycles. The summed E-state index contributed by atoms with van der Waals surface area (Å²) in [5.41, 5.74) is 0.728. The van der Waals surface area contributed by atoms with Gasteiger partial charge in [0, 0.05) is 24.8 Å². The highest BCUT2D eigenvalue weighted by Crippen LogP contribution is 2.32. The highest BCUT2D eigenvalue weighted by atomic mass is 19.1. The van der Waals surface area contributed by atoms with Crippen LogP contribution in [0.1, 0.15) is 35.7 Å². The number of halogens is 1. The van der Waals surface area contributed by atoms with E-state index in [4.69, 9.17) is 0 Å². The predicted molar refractivity (Wildman–Crippen MR) is 98.6 cm³/mol. The van der Waals surface area contributed by atoms with Gasteiger partial charge in [-0.15, -0.1) is 0 Å². The van der Waals surface area contributed by atoms with Crippen LogP contribution in [0, 0.1) is 11.7 Å². The smallest absolute Gasteiger partial charge is 0.252 e. The van der Waals surface area contributed by atoms with E-state index in [1.54, 1.807) is 12.1 Å².